The van der Waals surface area contributed by atoms with Gasteiger partial charge in [0.2, 0.25) is 0 Å². The number of ether oxygens (including phenoxy) is 1. The first-order valence-corrected chi connectivity index (χ1v) is 9.20. The van der Waals surface area contributed by atoms with Gasteiger partial charge in [0, 0.05) is 11.1 Å². The minimum Gasteiger partial charge on any atom is -0.405 e. The number of rotatable bonds is 3. The summed E-state index contributed by atoms with van der Waals surface area (Å²) in [6.07, 6.45) is -4.84. The second-order valence-electron chi connectivity index (χ2n) is 6.86. The number of benzene rings is 2. The van der Waals surface area contributed by atoms with Crippen molar-refractivity contribution in [2.45, 2.75) is 39.6 Å². The Morgan fingerprint density at radius 1 is 0.968 bits per heavy atom. The van der Waals surface area contributed by atoms with E-state index in [1.54, 1.807) is 31.2 Å². The van der Waals surface area contributed by atoms with Crippen molar-refractivity contribution in [3.63, 3.8) is 0 Å². The molecule has 0 aliphatic carbocycles. The van der Waals surface area contributed by atoms with E-state index in [-0.39, 0.29) is 23.5 Å². The Morgan fingerprint density at radius 2 is 1.45 bits per heavy atom. The lowest BCUT2D eigenvalue weighted by Gasteiger charge is -2.14. The van der Waals surface area contributed by atoms with E-state index in [0.29, 0.717) is 11.1 Å². The first kappa shape index (κ1) is 31.3. The molecule has 0 radical (unpaired) electrons. The van der Waals surface area contributed by atoms with Gasteiger partial charge >= 0.3 is 6.36 Å². The highest BCUT2D eigenvalue weighted by atomic mass is 35.5. The van der Waals surface area contributed by atoms with Crippen LogP contribution in [0.2, 0.25) is 0 Å². The van der Waals surface area contributed by atoms with Crippen molar-refractivity contribution in [2.24, 2.45) is 5.84 Å². The fourth-order valence-electron chi connectivity index (χ4n) is 1.58. The number of hydrogen-bond acceptors (Lipinski definition) is 5. The van der Waals surface area contributed by atoms with Gasteiger partial charge in [0.25, 0.3) is 10.5 Å². The molecule has 0 saturated heterocycles. The van der Waals surface area contributed by atoms with Crippen molar-refractivity contribution in [3.05, 3.63) is 65.2 Å². The summed E-state index contributed by atoms with van der Waals surface area (Å²) in [7, 11) is 0. The van der Waals surface area contributed by atoms with Crippen molar-refractivity contribution in [2.75, 3.05) is 0 Å². The van der Waals surface area contributed by atoms with Crippen molar-refractivity contribution >= 4 is 46.1 Å². The summed E-state index contributed by atoms with van der Waals surface area (Å²) in [5, 5.41) is -1.39. The summed E-state index contributed by atoms with van der Waals surface area (Å²) in [5.41, 5.74) is 3.54. The smallest absolute Gasteiger partial charge is 0.405 e. The van der Waals surface area contributed by atoms with E-state index in [4.69, 9.17) is 29.0 Å². The molecule has 2 aromatic carbocycles. The molecule has 0 unspecified atom stereocenters. The predicted molar refractivity (Wildman–Crippen MR) is 119 cm³/mol. The number of nitrogens with two attached hydrogens (primary N) is 1. The second-order valence-corrected chi connectivity index (χ2v) is 7.54. The normalized spacial score (nSPS) is 10.4. The molecule has 2 aromatic rings. The number of alkyl halides is 3. The zero-order chi connectivity index (χ0) is 23.5. The number of hydrogen-bond donors (Lipinski definition) is 2. The molecule has 0 aliphatic heterocycles. The number of hydrazine groups is 1. The van der Waals surface area contributed by atoms with Crippen molar-refractivity contribution in [1.29, 1.82) is 0 Å². The van der Waals surface area contributed by atoms with Gasteiger partial charge in [0.05, 0.1) is 5.56 Å². The van der Waals surface area contributed by atoms with Gasteiger partial charge in [-0.05, 0) is 63.0 Å². The molecular weight excluding hydrogens is 480 g/mol. The average Bonchev–Trinajstić information content (AvgIpc) is 2.63. The largest absolute Gasteiger partial charge is 0.573 e. The van der Waals surface area contributed by atoms with Crippen LogP contribution in [0.1, 0.15) is 47.1 Å². The van der Waals surface area contributed by atoms with Gasteiger partial charge in [-0.3, -0.25) is 20.9 Å². The van der Waals surface area contributed by atoms with Gasteiger partial charge in [-0.25, -0.2) is 0 Å². The third kappa shape index (κ3) is 15.6. The van der Waals surface area contributed by atoms with Gasteiger partial charge in [-0.2, -0.15) is 0 Å². The molecule has 0 amide bonds. The number of aryl methyl sites for hydroxylation is 1. The molecule has 174 valence electrons. The summed E-state index contributed by atoms with van der Waals surface area (Å²) in [4.78, 5) is 21.2. The van der Waals surface area contributed by atoms with Crippen LogP contribution < -0.4 is 16.0 Å². The molecule has 31 heavy (non-hydrogen) atoms. The molecule has 0 aliphatic rings. The highest BCUT2D eigenvalue weighted by molar-refractivity contribution is 6.68. The van der Waals surface area contributed by atoms with Crippen LogP contribution in [0.4, 0.5) is 13.2 Å². The number of carbonyl (C=O) groups excluding carboxylic acids is 2. The van der Waals surface area contributed by atoms with Crippen LogP contribution in [0.25, 0.3) is 0 Å². The topological polar surface area (TPSA) is 81.4 Å². The summed E-state index contributed by atoms with van der Waals surface area (Å²) in [5.74, 6) is 4.47. The Morgan fingerprint density at radius 3 is 1.77 bits per heavy atom. The van der Waals surface area contributed by atoms with Gasteiger partial charge in [0.1, 0.15) is 5.75 Å². The molecule has 3 N–H and O–H groups in total. The molecule has 5 nitrogen and oxygen atoms in total. The zero-order valence-electron chi connectivity index (χ0n) is 17.2. The summed E-state index contributed by atoms with van der Waals surface area (Å²) in [6.45, 7) is 7.65. The second kappa shape index (κ2) is 14.3. The van der Waals surface area contributed by atoms with E-state index < -0.39 is 22.6 Å². The van der Waals surface area contributed by atoms with Gasteiger partial charge in [0.15, 0.2) is 0 Å². The van der Waals surface area contributed by atoms with Crippen LogP contribution in [0.15, 0.2) is 48.5 Å². The van der Waals surface area contributed by atoms with E-state index in [1.807, 2.05) is 26.8 Å². The Hall–Kier alpha value is -1.84. The van der Waals surface area contributed by atoms with E-state index in [1.165, 1.54) is 12.1 Å². The Labute approximate surface area is 195 Å². The molecule has 0 aromatic heterocycles. The lowest BCUT2D eigenvalue weighted by Crippen LogP contribution is -2.41. The van der Waals surface area contributed by atoms with E-state index >= 15 is 0 Å². The quantitative estimate of drug-likeness (QED) is 0.305. The van der Waals surface area contributed by atoms with Gasteiger partial charge in [-0.15, -0.1) is 25.6 Å². The Bertz CT molecular complexity index is 828. The van der Waals surface area contributed by atoms with E-state index in [2.05, 4.69) is 10.2 Å². The SMILES string of the molecule is CC(C)(C)NN.Cc1ccc(OC(F)(F)F)c(C(=O)Cl)c1.Cl.O=C(Cl)c1ccccc1. The maximum atomic E-state index is 11.9. The maximum Gasteiger partial charge on any atom is 0.573 e. The number of halogens is 6. The first-order valence-electron chi connectivity index (χ1n) is 8.45. The summed E-state index contributed by atoms with van der Waals surface area (Å²) < 4.78 is 39.4. The lowest BCUT2D eigenvalue weighted by molar-refractivity contribution is -0.274. The van der Waals surface area contributed by atoms with Crippen molar-refractivity contribution in [1.82, 2.24) is 5.43 Å². The molecule has 0 bridgehead atoms. The fourth-order valence-corrected chi connectivity index (χ4v) is 1.85. The summed E-state index contributed by atoms with van der Waals surface area (Å²) >= 11 is 10.3. The third-order valence-corrected chi connectivity index (χ3v) is 3.43. The minimum absolute atomic E-state index is 0. The van der Waals surface area contributed by atoms with Crippen LogP contribution in [-0.2, 0) is 0 Å². The molecule has 0 atom stereocenters. The van der Waals surface area contributed by atoms with E-state index in [9.17, 15) is 22.8 Å². The van der Waals surface area contributed by atoms with Crippen molar-refractivity contribution < 1.29 is 27.5 Å². The van der Waals surface area contributed by atoms with E-state index in [0.717, 1.165) is 6.07 Å². The number of carbonyl (C=O) groups is 2. The number of nitrogens with one attached hydrogen (secondary N) is 1. The molecule has 2 rings (SSSR count). The fraction of sp³-hybridized carbons (Fsp3) is 0.300. The molecule has 11 heteroatoms. The van der Waals surface area contributed by atoms with Gasteiger partial charge in [-0.1, -0.05) is 42.0 Å². The van der Waals surface area contributed by atoms with Crippen LogP contribution >= 0.6 is 35.6 Å². The van der Waals surface area contributed by atoms with Crippen LogP contribution in [0.3, 0.4) is 0 Å². The highest BCUT2D eigenvalue weighted by Crippen LogP contribution is 2.28. The third-order valence-electron chi connectivity index (χ3n) is 3.01. The predicted octanol–water partition coefficient (Wildman–Crippen LogP) is 6.01. The summed E-state index contributed by atoms with van der Waals surface area (Å²) in [6, 6.07) is 12.4. The van der Waals surface area contributed by atoms with Crippen molar-refractivity contribution in [3.8, 4) is 5.75 Å². The highest BCUT2D eigenvalue weighted by Gasteiger charge is 2.32. The molecule has 0 spiro atoms. The zero-order valence-corrected chi connectivity index (χ0v) is 19.5. The van der Waals surface area contributed by atoms with Crippen LogP contribution in [-0.4, -0.2) is 22.4 Å². The van der Waals surface area contributed by atoms with Gasteiger partial charge < -0.3 is 4.74 Å². The molecular formula is C20H24Cl3F3N2O3. The Balaban J connectivity index is 0. The Kier molecular flexibility index (Phi) is 14.4. The molecule has 0 fully saturated rings. The minimum atomic E-state index is -4.84. The average molecular weight is 504 g/mol. The first-order chi connectivity index (χ1) is 13.7. The molecule has 0 heterocycles. The van der Waals surface area contributed by atoms with Crippen LogP contribution in [0.5, 0.6) is 5.75 Å². The monoisotopic (exact) mass is 502 g/mol. The maximum absolute atomic E-state index is 11.9. The lowest BCUT2D eigenvalue weighted by atomic mass is 10.1. The van der Waals surface area contributed by atoms with Crippen LogP contribution in [0, 0.1) is 6.92 Å². The standard InChI is InChI=1S/C9H6ClF3O2.C7H5ClO.C4H12N2.ClH/c1-5-2-3-7(15-9(11,12)13)6(4-5)8(10)14;8-7(9)6-4-2-1-3-5-6;1-4(2,3)6-5;/h2-4H,1H3;1-5H;6H,5H2,1-3H3;1H. The molecule has 0 saturated carbocycles.